The third-order valence-corrected chi connectivity index (χ3v) is 5.98. The quantitative estimate of drug-likeness (QED) is 0.824. The molecule has 1 aliphatic carbocycles. The van der Waals surface area contributed by atoms with Crippen LogP contribution in [0.3, 0.4) is 0 Å². The maximum absolute atomic E-state index is 11.9. The maximum Gasteiger partial charge on any atom is 0.226 e. The predicted octanol–water partition coefficient (Wildman–Crippen LogP) is 1.55. The molecule has 3 rings (SSSR count). The Bertz CT molecular complexity index is 565. The molecular formula is C13H21N3O3S. The number of sulfonamides is 1. The van der Waals surface area contributed by atoms with E-state index in [1.54, 1.807) is 11.2 Å². The van der Waals surface area contributed by atoms with E-state index in [-0.39, 0.29) is 11.7 Å². The molecule has 1 aliphatic heterocycles. The summed E-state index contributed by atoms with van der Waals surface area (Å²) in [6.07, 6.45) is 4.94. The van der Waals surface area contributed by atoms with Crippen molar-refractivity contribution in [3.05, 3.63) is 11.7 Å². The van der Waals surface area contributed by atoms with Gasteiger partial charge in [-0.15, -0.1) is 0 Å². The van der Waals surface area contributed by atoms with E-state index >= 15 is 0 Å². The van der Waals surface area contributed by atoms with E-state index in [1.165, 1.54) is 0 Å². The Morgan fingerprint density at radius 1 is 1.35 bits per heavy atom. The zero-order valence-electron chi connectivity index (χ0n) is 11.8. The second kappa shape index (κ2) is 5.44. The predicted molar refractivity (Wildman–Crippen MR) is 73.7 cm³/mol. The number of piperidine rings is 1. The van der Waals surface area contributed by atoms with Crippen LogP contribution in [0.5, 0.6) is 0 Å². The summed E-state index contributed by atoms with van der Waals surface area (Å²) in [7, 11) is -3.08. The Kier molecular flexibility index (Phi) is 3.81. The minimum atomic E-state index is -3.08. The molecule has 1 aromatic heterocycles. The van der Waals surface area contributed by atoms with Crippen molar-refractivity contribution in [1.29, 1.82) is 0 Å². The number of nitrogens with zero attached hydrogens (tertiary/aromatic N) is 3. The van der Waals surface area contributed by atoms with Gasteiger partial charge in [0.25, 0.3) is 0 Å². The highest BCUT2D eigenvalue weighted by molar-refractivity contribution is 7.89. The van der Waals surface area contributed by atoms with Crippen LogP contribution in [-0.4, -0.2) is 41.7 Å². The van der Waals surface area contributed by atoms with Crippen LogP contribution in [0.25, 0.3) is 0 Å². The van der Waals surface area contributed by atoms with E-state index in [0.29, 0.717) is 31.3 Å². The van der Waals surface area contributed by atoms with Crippen LogP contribution in [-0.2, 0) is 16.4 Å². The molecule has 1 saturated heterocycles. The molecule has 2 fully saturated rings. The molecule has 0 radical (unpaired) electrons. The van der Waals surface area contributed by atoms with Crippen molar-refractivity contribution in [2.45, 2.75) is 44.9 Å². The Morgan fingerprint density at radius 3 is 2.85 bits per heavy atom. The van der Waals surface area contributed by atoms with Gasteiger partial charge in [-0.25, -0.2) is 12.7 Å². The van der Waals surface area contributed by atoms with E-state index in [2.05, 4.69) is 10.1 Å². The number of aromatic nitrogens is 2. The molecule has 0 amide bonds. The number of rotatable bonds is 5. The molecular weight excluding hydrogens is 278 g/mol. The Labute approximate surface area is 119 Å². The van der Waals surface area contributed by atoms with Crippen LogP contribution in [0.4, 0.5) is 0 Å². The minimum Gasteiger partial charge on any atom is -0.339 e. The minimum absolute atomic E-state index is 0.173. The standard InChI is InChI=1S/C13H21N3O3S/c1-2-20(17,18)16-7-3-4-10(9-16)8-12-14-13(15-19-12)11-5-6-11/h10-11H,2-9H2,1H3/t10-/m0/s1. The van der Waals surface area contributed by atoms with E-state index < -0.39 is 10.0 Å². The second-order valence-corrected chi connectivity index (χ2v) is 8.05. The normalized spacial score (nSPS) is 24.9. The van der Waals surface area contributed by atoms with Crippen molar-refractivity contribution in [2.24, 2.45) is 5.92 Å². The first-order chi connectivity index (χ1) is 9.58. The zero-order valence-corrected chi connectivity index (χ0v) is 12.6. The summed E-state index contributed by atoms with van der Waals surface area (Å²) in [5.74, 6) is 2.45. The summed E-state index contributed by atoms with van der Waals surface area (Å²) >= 11 is 0. The first-order valence-electron chi connectivity index (χ1n) is 7.39. The first kappa shape index (κ1) is 14.0. The Hall–Kier alpha value is -0.950. The summed E-state index contributed by atoms with van der Waals surface area (Å²) in [6.45, 7) is 2.92. The molecule has 20 heavy (non-hydrogen) atoms. The van der Waals surface area contributed by atoms with Crippen molar-refractivity contribution in [3.63, 3.8) is 0 Å². The van der Waals surface area contributed by atoms with E-state index in [1.807, 2.05) is 0 Å². The van der Waals surface area contributed by atoms with Gasteiger partial charge in [0, 0.05) is 25.4 Å². The van der Waals surface area contributed by atoms with Gasteiger partial charge in [-0.05, 0) is 38.5 Å². The van der Waals surface area contributed by atoms with Crippen LogP contribution >= 0.6 is 0 Å². The molecule has 1 atom stereocenters. The molecule has 2 aliphatic rings. The molecule has 112 valence electrons. The molecule has 0 aromatic carbocycles. The third-order valence-electron chi connectivity index (χ3n) is 4.13. The van der Waals surface area contributed by atoms with Gasteiger partial charge in [0.15, 0.2) is 5.82 Å². The van der Waals surface area contributed by atoms with Crippen molar-refractivity contribution in [2.75, 3.05) is 18.8 Å². The van der Waals surface area contributed by atoms with Crippen LogP contribution in [0.15, 0.2) is 4.52 Å². The lowest BCUT2D eigenvalue weighted by Gasteiger charge is -2.30. The highest BCUT2D eigenvalue weighted by atomic mass is 32.2. The fourth-order valence-corrected chi connectivity index (χ4v) is 3.94. The monoisotopic (exact) mass is 299 g/mol. The largest absolute Gasteiger partial charge is 0.339 e. The summed E-state index contributed by atoms with van der Waals surface area (Å²) in [5, 5.41) is 4.01. The van der Waals surface area contributed by atoms with Gasteiger partial charge in [-0.1, -0.05) is 5.16 Å². The third kappa shape index (κ3) is 3.03. The van der Waals surface area contributed by atoms with Gasteiger partial charge >= 0.3 is 0 Å². The Morgan fingerprint density at radius 2 is 2.15 bits per heavy atom. The van der Waals surface area contributed by atoms with Crippen LogP contribution in [0, 0.1) is 5.92 Å². The highest BCUT2D eigenvalue weighted by Crippen LogP contribution is 2.38. The van der Waals surface area contributed by atoms with Crippen LogP contribution in [0.2, 0.25) is 0 Å². The SMILES string of the molecule is CCS(=O)(=O)N1CCC[C@@H](Cc2nc(C3CC3)no2)C1. The smallest absolute Gasteiger partial charge is 0.226 e. The summed E-state index contributed by atoms with van der Waals surface area (Å²) in [6, 6.07) is 0. The molecule has 1 aromatic rings. The van der Waals surface area contributed by atoms with Gasteiger partial charge in [-0.3, -0.25) is 0 Å². The lowest BCUT2D eigenvalue weighted by molar-refractivity contribution is 0.247. The summed E-state index contributed by atoms with van der Waals surface area (Å²) in [5.41, 5.74) is 0. The van der Waals surface area contributed by atoms with Gasteiger partial charge in [0.2, 0.25) is 15.9 Å². The average molecular weight is 299 g/mol. The fourth-order valence-electron chi connectivity index (χ4n) is 2.73. The molecule has 6 nitrogen and oxygen atoms in total. The van der Waals surface area contributed by atoms with E-state index in [9.17, 15) is 8.42 Å². The van der Waals surface area contributed by atoms with Crippen LogP contribution in [0.1, 0.15) is 50.2 Å². The van der Waals surface area contributed by atoms with Crippen molar-refractivity contribution < 1.29 is 12.9 Å². The number of hydrogen-bond donors (Lipinski definition) is 0. The van der Waals surface area contributed by atoms with Crippen molar-refractivity contribution >= 4 is 10.0 Å². The molecule has 0 unspecified atom stereocenters. The van der Waals surface area contributed by atoms with Gasteiger partial charge in [-0.2, -0.15) is 4.98 Å². The maximum atomic E-state index is 11.9. The Balaban J connectivity index is 1.61. The zero-order chi connectivity index (χ0) is 14.2. The molecule has 7 heteroatoms. The summed E-state index contributed by atoms with van der Waals surface area (Å²) < 4.78 is 30.8. The molecule has 0 bridgehead atoms. The lowest BCUT2D eigenvalue weighted by atomic mass is 9.96. The first-order valence-corrected chi connectivity index (χ1v) is 8.99. The topological polar surface area (TPSA) is 76.3 Å². The van der Waals surface area contributed by atoms with Crippen molar-refractivity contribution in [3.8, 4) is 0 Å². The van der Waals surface area contributed by atoms with E-state index in [4.69, 9.17) is 4.52 Å². The molecule has 2 heterocycles. The average Bonchev–Trinajstić information content (AvgIpc) is 3.20. The van der Waals surface area contributed by atoms with Crippen LogP contribution < -0.4 is 0 Å². The molecule has 1 saturated carbocycles. The van der Waals surface area contributed by atoms with Gasteiger partial charge in [0.1, 0.15) is 0 Å². The van der Waals surface area contributed by atoms with Crippen molar-refractivity contribution in [1.82, 2.24) is 14.4 Å². The highest BCUT2D eigenvalue weighted by Gasteiger charge is 2.31. The number of hydrogen-bond acceptors (Lipinski definition) is 5. The molecule has 0 spiro atoms. The molecule has 0 N–H and O–H groups in total. The van der Waals surface area contributed by atoms with Gasteiger partial charge in [0.05, 0.1) is 5.75 Å². The second-order valence-electron chi connectivity index (χ2n) is 5.79. The summed E-state index contributed by atoms with van der Waals surface area (Å²) in [4.78, 5) is 4.43. The van der Waals surface area contributed by atoms with E-state index in [0.717, 1.165) is 31.5 Å². The van der Waals surface area contributed by atoms with Gasteiger partial charge < -0.3 is 4.52 Å². The fraction of sp³-hybridized carbons (Fsp3) is 0.846. The lowest BCUT2D eigenvalue weighted by Crippen LogP contribution is -2.41.